The van der Waals surface area contributed by atoms with Gasteiger partial charge < -0.3 is 19.7 Å². The summed E-state index contributed by atoms with van der Waals surface area (Å²) in [5.74, 6) is 2.40. The molecule has 1 aromatic rings. The number of methoxy groups -OCH3 is 2. The number of rotatable bonds is 3. The molecule has 1 N–H and O–H groups in total. The molecule has 0 fully saturated rings. The van der Waals surface area contributed by atoms with E-state index in [0.717, 1.165) is 28.6 Å². The lowest BCUT2D eigenvalue weighted by atomic mass is 10.1. The van der Waals surface area contributed by atoms with Crippen molar-refractivity contribution in [3.05, 3.63) is 42.4 Å². The Morgan fingerprint density at radius 3 is 2.53 bits per heavy atom. The Morgan fingerprint density at radius 2 is 2.00 bits per heavy atom. The predicted molar refractivity (Wildman–Crippen MR) is 67.6 cm³/mol. The van der Waals surface area contributed by atoms with Gasteiger partial charge in [-0.3, -0.25) is 0 Å². The van der Waals surface area contributed by atoms with Crippen LogP contribution in [0.15, 0.2) is 36.8 Å². The van der Waals surface area contributed by atoms with Crippen LogP contribution in [0.2, 0.25) is 0 Å². The molecule has 1 aliphatic heterocycles. The van der Waals surface area contributed by atoms with E-state index in [0.29, 0.717) is 0 Å². The van der Waals surface area contributed by atoms with Crippen molar-refractivity contribution < 1.29 is 9.47 Å². The molecule has 0 atom stereocenters. The van der Waals surface area contributed by atoms with E-state index in [9.17, 15) is 0 Å². The van der Waals surface area contributed by atoms with Gasteiger partial charge in [0.25, 0.3) is 0 Å². The summed E-state index contributed by atoms with van der Waals surface area (Å²) in [6.45, 7) is 3.90. The average Bonchev–Trinajstić information content (AvgIpc) is 2.69. The van der Waals surface area contributed by atoms with Crippen LogP contribution in [0.4, 0.5) is 0 Å². The molecular weight excluding hydrogens is 216 g/mol. The van der Waals surface area contributed by atoms with Crippen molar-refractivity contribution in [1.82, 2.24) is 10.2 Å². The summed E-state index contributed by atoms with van der Waals surface area (Å²) in [6.07, 6.45) is 1.91. The van der Waals surface area contributed by atoms with Gasteiger partial charge in [0, 0.05) is 24.9 Å². The number of nitrogens with zero attached hydrogens (tertiary/aromatic N) is 1. The van der Waals surface area contributed by atoms with Gasteiger partial charge in [-0.15, -0.1) is 0 Å². The minimum absolute atomic E-state index is 0.777. The molecule has 17 heavy (non-hydrogen) atoms. The standard InChI is InChI=1S/C13H16N2O2/c1-9-14-8-12(15(9)2)11-6-5-10(16-3)7-13(11)17-4/h5-8,14H,1H2,2-4H3. The highest BCUT2D eigenvalue weighted by Crippen LogP contribution is 2.33. The Bertz CT molecular complexity index is 480. The SMILES string of the molecule is C=C1NC=C(c2ccc(OC)cc2OC)N1C. The molecule has 0 aliphatic carbocycles. The molecule has 90 valence electrons. The second kappa shape index (κ2) is 4.41. The minimum Gasteiger partial charge on any atom is -0.497 e. The van der Waals surface area contributed by atoms with Gasteiger partial charge in [0.2, 0.25) is 0 Å². The summed E-state index contributed by atoms with van der Waals surface area (Å²) in [6, 6.07) is 5.75. The zero-order valence-corrected chi connectivity index (χ0v) is 10.3. The second-order valence-corrected chi connectivity index (χ2v) is 3.75. The fourth-order valence-electron chi connectivity index (χ4n) is 1.76. The maximum atomic E-state index is 5.38. The third kappa shape index (κ3) is 1.93. The Labute approximate surface area is 101 Å². The summed E-state index contributed by atoms with van der Waals surface area (Å²) < 4.78 is 10.6. The number of benzene rings is 1. The maximum absolute atomic E-state index is 5.38. The first-order valence-corrected chi connectivity index (χ1v) is 5.29. The van der Waals surface area contributed by atoms with Crippen LogP contribution in [0.5, 0.6) is 11.5 Å². The molecule has 0 saturated heterocycles. The van der Waals surface area contributed by atoms with Crippen LogP contribution in [-0.4, -0.2) is 26.2 Å². The summed E-state index contributed by atoms with van der Waals surface area (Å²) >= 11 is 0. The zero-order valence-electron chi connectivity index (χ0n) is 10.3. The van der Waals surface area contributed by atoms with Crippen LogP contribution in [0.3, 0.4) is 0 Å². The Hall–Kier alpha value is -2.10. The predicted octanol–water partition coefficient (Wildman–Crippen LogP) is 2.01. The molecule has 2 rings (SSSR count). The Balaban J connectivity index is 2.42. The third-order valence-electron chi connectivity index (χ3n) is 2.83. The monoisotopic (exact) mass is 232 g/mol. The minimum atomic E-state index is 0.777. The lowest BCUT2D eigenvalue weighted by molar-refractivity contribution is 0.392. The van der Waals surface area contributed by atoms with E-state index in [1.807, 2.05) is 36.3 Å². The van der Waals surface area contributed by atoms with Gasteiger partial charge in [-0.25, -0.2) is 0 Å². The number of hydrogen-bond acceptors (Lipinski definition) is 4. The first kappa shape index (κ1) is 11.4. The van der Waals surface area contributed by atoms with Crippen molar-refractivity contribution in [3.63, 3.8) is 0 Å². The van der Waals surface area contributed by atoms with E-state index in [4.69, 9.17) is 9.47 Å². The smallest absolute Gasteiger partial charge is 0.131 e. The summed E-state index contributed by atoms with van der Waals surface area (Å²) in [7, 11) is 5.24. The zero-order chi connectivity index (χ0) is 12.4. The van der Waals surface area contributed by atoms with Crippen LogP contribution in [0, 0.1) is 0 Å². The largest absolute Gasteiger partial charge is 0.497 e. The molecule has 0 radical (unpaired) electrons. The lowest BCUT2D eigenvalue weighted by Gasteiger charge is -2.18. The Morgan fingerprint density at radius 1 is 1.24 bits per heavy atom. The van der Waals surface area contributed by atoms with E-state index < -0.39 is 0 Å². The molecule has 0 unspecified atom stereocenters. The summed E-state index contributed by atoms with van der Waals surface area (Å²) in [5, 5.41) is 3.08. The summed E-state index contributed by atoms with van der Waals surface area (Å²) in [5.41, 5.74) is 2.02. The van der Waals surface area contributed by atoms with Gasteiger partial charge >= 0.3 is 0 Å². The quantitative estimate of drug-likeness (QED) is 0.864. The van der Waals surface area contributed by atoms with Gasteiger partial charge in [0.1, 0.15) is 17.3 Å². The van der Waals surface area contributed by atoms with Crippen molar-refractivity contribution >= 4 is 5.70 Å². The first-order valence-electron chi connectivity index (χ1n) is 5.29. The van der Waals surface area contributed by atoms with Gasteiger partial charge in [0.05, 0.1) is 19.9 Å². The fraction of sp³-hybridized carbons (Fsp3) is 0.231. The number of ether oxygens (including phenoxy) is 2. The maximum Gasteiger partial charge on any atom is 0.131 e. The summed E-state index contributed by atoms with van der Waals surface area (Å²) in [4.78, 5) is 1.98. The van der Waals surface area contributed by atoms with E-state index >= 15 is 0 Å². The average molecular weight is 232 g/mol. The van der Waals surface area contributed by atoms with E-state index in [2.05, 4.69) is 11.9 Å². The highest BCUT2D eigenvalue weighted by atomic mass is 16.5. The molecule has 4 heteroatoms. The van der Waals surface area contributed by atoms with Crippen molar-refractivity contribution in [2.24, 2.45) is 0 Å². The van der Waals surface area contributed by atoms with Crippen molar-refractivity contribution in [1.29, 1.82) is 0 Å². The van der Waals surface area contributed by atoms with Crippen LogP contribution in [0.1, 0.15) is 5.56 Å². The van der Waals surface area contributed by atoms with Crippen LogP contribution in [-0.2, 0) is 0 Å². The van der Waals surface area contributed by atoms with Crippen LogP contribution < -0.4 is 14.8 Å². The topological polar surface area (TPSA) is 33.7 Å². The van der Waals surface area contributed by atoms with Gasteiger partial charge in [-0.2, -0.15) is 0 Å². The molecule has 4 nitrogen and oxygen atoms in total. The molecule has 0 spiro atoms. The first-order chi connectivity index (χ1) is 8.17. The second-order valence-electron chi connectivity index (χ2n) is 3.75. The molecule has 0 bridgehead atoms. The number of nitrogens with one attached hydrogen (secondary N) is 1. The molecule has 1 aromatic carbocycles. The van der Waals surface area contributed by atoms with E-state index in [1.165, 1.54) is 0 Å². The highest BCUT2D eigenvalue weighted by Gasteiger charge is 2.19. The molecular formula is C13H16N2O2. The number of hydrogen-bond donors (Lipinski definition) is 1. The van der Waals surface area contributed by atoms with Gasteiger partial charge in [-0.05, 0) is 12.1 Å². The van der Waals surface area contributed by atoms with Crippen LogP contribution in [0.25, 0.3) is 5.70 Å². The fourth-order valence-corrected chi connectivity index (χ4v) is 1.76. The van der Waals surface area contributed by atoms with Crippen molar-refractivity contribution in [3.8, 4) is 11.5 Å². The molecule has 1 heterocycles. The van der Waals surface area contributed by atoms with Crippen molar-refractivity contribution in [2.45, 2.75) is 0 Å². The van der Waals surface area contributed by atoms with E-state index in [-0.39, 0.29) is 0 Å². The highest BCUT2D eigenvalue weighted by molar-refractivity contribution is 5.72. The van der Waals surface area contributed by atoms with E-state index in [1.54, 1.807) is 14.2 Å². The third-order valence-corrected chi connectivity index (χ3v) is 2.83. The van der Waals surface area contributed by atoms with Gasteiger partial charge in [0.15, 0.2) is 0 Å². The normalized spacial score (nSPS) is 14.4. The van der Waals surface area contributed by atoms with Crippen molar-refractivity contribution in [2.75, 3.05) is 21.3 Å². The molecule has 0 amide bonds. The molecule has 1 aliphatic rings. The molecule has 0 aromatic heterocycles. The lowest BCUT2D eigenvalue weighted by Crippen LogP contribution is -2.14. The molecule has 0 saturated carbocycles. The Kier molecular flexibility index (Phi) is 2.95. The van der Waals surface area contributed by atoms with Crippen LogP contribution >= 0.6 is 0 Å². The van der Waals surface area contributed by atoms with Gasteiger partial charge in [-0.1, -0.05) is 6.58 Å².